The first-order valence-corrected chi connectivity index (χ1v) is 3.47. The monoisotopic (exact) mass is 190 g/mol. The van der Waals surface area contributed by atoms with Crippen LogP contribution in [0.5, 0.6) is 0 Å². The SMILES string of the molecule is Nc1cc(C(=O)NCC(F)F)[nH]n1. The van der Waals surface area contributed by atoms with Gasteiger partial charge in [0.05, 0.1) is 6.54 Å². The molecule has 0 atom stereocenters. The number of hydrogen-bond acceptors (Lipinski definition) is 3. The highest BCUT2D eigenvalue weighted by Crippen LogP contribution is 1.99. The van der Waals surface area contributed by atoms with Crippen molar-refractivity contribution in [2.45, 2.75) is 6.43 Å². The number of rotatable bonds is 3. The molecule has 0 unspecified atom stereocenters. The van der Waals surface area contributed by atoms with Crippen LogP contribution in [0.4, 0.5) is 14.6 Å². The van der Waals surface area contributed by atoms with Crippen molar-refractivity contribution in [3.05, 3.63) is 11.8 Å². The maximum Gasteiger partial charge on any atom is 0.269 e. The van der Waals surface area contributed by atoms with E-state index in [1.165, 1.54) is 6.07 Å². The number of alkyl halides is 2. The lowest BCUT2D eigenvalue weighted by Gasteiger charge is -2.00. The van der Waals surface area contributed by atoms with Gasteiger partial charge in [-0.1, -0.05) is 0 Å². The topological polar surface area (TPSA) is 83.8 Å². The minimum absolute atomic E-state index is 0.0677. The van der Waals surface area contributed by atoms with Gasteiger partial charge in [0.2, 0.25) is 0 Å². The zero-order chi connectivity index (χ0) is 9.84. The largest absolute Gasteiger partial charge is 0.382 e. The van der Waals surface area contributed by atoms with E-state index in [2.05, 4.69) is 10.2 Å². The summed E-state index contributed by atoms with van der Waals surface area (Å²) in [7, 11) is 0. The Labute approximate surface area is 72.3 Å². The van der Waals surface area contributed by atoms with E-state index in [1.807, 2.05) is 5.32 Å². The van der Waals surface area contributed by atoms with Gasteiger partial charge in [0.15, 0.2) is 0 Å². The molecule has 1 amide bonds. The first kappa shape index (κ1) is 9.43. The standard InChI is InChI=1S/C6H8F2N4O/c7-4(8)2-10-6(13)3-1-5(9)12-11-3/h1,4H,2H2,(H,10,13)(H3,9,11,12). The molecule has 0 aliphatic carbocycles. The van der Waals surface area contributed by atoms with Crippen LogP contribution in [0.15, 0.2) is 6.07 Å². The average molecular weight is 190 g/mol. The molecule has 0 spiro atoms. The van der Waals surface area contributed by atoms with Crippen LogP contribution >= 0.6 is 0 Å². The van der Waals surface area contributed by atoms with Gasteiger partial charge in [-0.05, 0) is 0 Å². The Bertz CT molecular complexity index is 299. The molecule has 0 saturated heterocycles. The molecule has 72 valence electrons. The van der Waals surface area contributed by atoms with Gasteiger partial charge in [0.1, 0.15) is 11.5 Å². The Morgan fingerprint density at radius 2 is 2.46 bits per heavy atom. The Morgan fingerprint density at radius 1 is 1.77 bits per heavy atom. The number of nitrogen functional groups attached to an aromatic ring is 1. The molecule has 0 fully saturated rings. The number of anilines is 1. The third-order valence-corrected chi connectivity index (χ3v) is 1.26. The van der Waals surface area contributed by atoms with Crippen molar-refractivity contribution in [1.29, 1.82) is 0 Å². The molecular formula is C6H8F2N4O. The molecule has 5 nitrogen and oxygen atoms in total. The van der Waals surface area contributed by atoms with E-state index in [-0.39, 0.29) is 11.5 Å². The average Bonchev–Trinajstić information content (AvgIpc) is 2.47. The maximum absolute atomic E-state index is 11.7. The summed E-state index contributed by atoms with van der Waals surface area (Å²) in [6.07, 6.45) is -2.57. The van der Waals surface area contributed by atoms with Gasteiger partial charge in [-0.15, -0.1) is 0 Å². The predicted molar refractivity (Wildman–Crippen MR) is 41.3 cm³/mol. The number of aromatic nitrogens is 2. The fourth-order valence-corrected chi connectivity index (χ4v) is 0.719. The summed E-state index contributed by atoms with van der Waals surface area (Å²) < 4.78 is 23.3. The maximum atomic E-state index is 11.7. The fourth-order valence-electron chi connectivity index (χ4n) is 0.719. The molecule has 0 bridgehead atoms. The number of nitrogens with zero attached hydrogens (tertiary/aromatic N) is 1. The Kier molecular flexibility index (Phi) is 2.78. The number of carbonyl (C=O) groups excluding carboxylic acids is 1. The molecule has 0 radical (unpaired) electrons. The number of halogens is 2. The molecule has 0 aliphatic heterocycles. The summed E-state index contributed by atoms with van der Waals surface area (Å²) in [6.45, 7) is -0.683. The summed E-state index contributed by atoms with van der Waals surface area (Å²) in [5.74, 6) is -0.508. The van der Waals surface area contributed by atoms with Gasteiger partial charge in [-0.2, -0.15) is 5.10 Å². The van der Waals surface area contributed by atoms with Crippen molar-refractivity contribution in [2.75, 3.05) is 12.3 Å². The summed E-state index contributed by atoms with van der Waals surface area (Å²) in [6, 6.07) is 1.26. The zero-order valence-electron chi connectivity index (χ0n) is 6.55. The third kappa shape index (κ3) is 2.69. The van der Waals surface area contributed by atoms with Crippen molar-refractivity contribution in [1.82, 2.24) is 15.5 Å². The van der Waals surface area contributed by atoms with Gasteiger partial charge in [0.25, 0.3) is 12.3 Å². The Morgan fingerprint density at radius 3 is 2.92 bits per heavy atom. The van der Waals surface area contributed by atoms with Gasteiger partial charge in [0, 0.05) is 6.07 Å². The second-order valence-corrected chi connectivity index (χ2v) is 2.31. The van der Waals surface area contributed by atoms with Crippen LogP contribution in [0.2, 0.25) is 0 Å². The van der Waals surface area contributed by atoms with E-state index in [4.69, 9.17) is 5.73 Å². The summed E-state index contributed by atoms with van der Waals surface area (Å²) in [4.78, 5) is 11.0. The number of aromatic amines is 1. The normalized spacial score (nSPS) is 10.4. The van der Waals surface area contributed by atoms with E-state index in [1.54, 1.807) is 0 Å². The number of carbonyl (C=O) groups is 1. The number of H-pyrrole nitrogens is 1. The van der Waals surface area contributed by atoms with Gasteiger partial charge in [-0.3, -0.25) is 9.89 Å². The molecule has 13 heavy (non-hydrogen) atoms. The molecule has 1 aromatic rings. The van der Waals surface area contributed by atoms with Gasteiger partial charge in [-0.25, -0.2) is 8.78 Å². The highest BCUT2D eigenvalue weighted by Gasteiger charge is 2.10. The van der Waals surface area contributed by atoms with E-state index >= 15 is 0 Å². The number of nitrogens with one attached hydrogen (secondary N) is 2. The van der Waals surface area contributed by atoms with E-state index in [9.17, 15) is 13.6 Å². The lowest BCUT2D eigenvalue weighted by molar-refractivity contribution is 0.0887. The van der Waals surface area contributed by atoms with Crippen molar-refractivity contribution < 1.29 is 13.6 Å². The van der Waals surface area contributed by atoms with Crippen molar-refractivity contribution >= 4 is 11.7 Å². The molecule has 0 saturated carbocycles. The quantitative estimate of drug-likeness (QED) is 0.626. The highest BCUT2D eigenvalue weighted by atomic mass is 19.3. The number of nitrogens with two attached hydrogens (primary N) is 1. The molecule has 1 heterocycles. The van der Waals surface area contributed by atoms with Gasteiger partial charge >= 0.3 is 0 Å². The van der Waals surface area contributed by atoms with Crippen molar-refractivity contribution in [3.8, 4) is 0 Å². The second kappa shape index (κ2) is 3.83. The minimum Gasteiger partial charge on any atom is -0.382 e. The zero-order valence-corrected chi connectivity index (χ0v) is 6.55. The highest BCUT2D eigenvalue weighted by molar-refractivity contribution is 5.92. The Hall–Kier alpha value is -1.66. The molecular weight excluding hydrogens is 182 g/mol. The predicted octanol–water partition coefficient (Wildman–Crippen LogP) is -0.0132. The molecule has 4 N–H and O–H groups in total. The van der Waals surface area contributed by atoms with Crippen LogP contribution in [0.3, 0.4) is 0 Å². The number of amides is 1. The molecule has 7 heteroatoms. The van der Waals surface area contributed by atoms with Crippen LogP contribution in [-0.2, 0) is 0 Å². The van der Waals surface area contributed by atoms with Gasteiger partial charge < -0.3 is 11.1 Å². The number of hydrogen-bond donors (Lipinski definition) is 3. The summed E-state index contributed by atoms with van der Waals surface area (Å²) in [5.41, 5.74) is 5.27. The van der Waals surface area contributed by atoms with Crippen LogP contribution < -0.4 is 11.1 Å². The first-order chi connectivity index (χ1) is 6.09. The fraction of sp³-hybridized carbons (Fsp3) is 0.333. The molecule has 0 aromatic carbocycles. The molecule has 1 rings (SSSR count). The first-order valence-electron chi connectivity index (χ1n) is 3.47. The second-order valence-electron chi connectivity index (χ2n) is 2.31. The van der Waals surface area contributed by atoms with E-state index in [0.717, 1.165) is 0 Å². The van der Waals surface area contributed by atoms with Crippen LogP contribution in [0.25, 0.3) is 0 Å². The lowest BCUT2D eigenvalue weighted by Crippen LogP contribution is -2.28. The summed E-state index contributed by atoms with van der Waals surface area (Å²) in [5, 5.41) is 7.76. The third-order valence-electron chi connectivity index (χ3n) is 1.26. The van der Waals surface area contributed by atoms with E-state index < -0.39 is 18.9 Å². The van der Waals surface area contributed by atoms with Crippen molar-refractivity contribution in [2.24, 2.45) is 0 Å². The minimum atomic E-state index is -2.57. The van der Waals surface area contributed by atoms with E-state index in [0.29, 0.717) is 0 Å². The lowest BCUT2D eigenvalue weighted by atomic mass is 10.4. The molecule has 0 aliphatic rings. The summed E-state index contributed by atoms with van der Waals surface area (Å²) >= 11 is 0. The molecule has 1 aromatic heterocycles. The smallest absolute Gasteiger partial charge is 0.269 e. The van der Waals surface area contributed by atoms with Crippen LogP contribution in [0.1, 0.15) is 10.5 Å². The van der Waals surface area contributed by atoms with Crippen LogP contribution in [-0.4, -0.2) is 29.1 Å². The Balaban J connectivity index is 2.49. The van der Waals surface area contributed by atoms with Crippen molar-refractivity contribution in [3.63, 3.8) is 0 Å². The van der Waals surface area contributed by atoms with Crippen LogP contribution in [0, 0.1) is 0 Å².